The Labute approximate surface area is 288 Å². The van der Waals surface area contributed by atoms with Crippen molar-refractivity contribution < 1.29 is 33.4 Å². The molecule has 49 heavy (non-hydrogen) atoms. The van der Waals surface area contributed by atoms with Crippen LogP contribution in [-0.4, -0.2) is 129 Å². The summed E-state index contributed by atoms with van der Waals surface area (Å²) in [6.07, 6.45) is 0.409. The first-order valence-corrected chi connectivity index (χ1v) is 17.0. The molecule has 0 aromatic heterocycles. The van der Waals surface area contributed by atoms with Gasteiger partial charge in [0, 0.05) is 40.3 Å². The Kier molecular flexibility index (Phi) is 14.0. The Hall–Kier alpha value is -4.49. The first-order valence-electron chi connectivity index (χ1n) is 17.0. The summed E-state index contributed by atoms with van der Waals surface area (Å²) in [4.78, 5) is 73.0. The number of amides is 5. The molecule has 2 aliphatic rings. The minimum atomic E-state index is -1.22. The Balaban J connectivity index is 1.63. The van der Waals surface area contributed by atoms with Crippen LogP contribution in [0.4, 0.5) is 0 Å². The van der Waals surface area contributed by atoms with Crippen molar-refractivity contribution in [2.45, 2.75) is 51.2 Å². The Morgan fingerprint density at radius 2 is 1.65 bits per heavy atom. The summed E-state index contributed by atoms with van der Waals surface area (Å²) in [6, 6.07) is 13.6. The Morgan fingerprint density at radius 3 is 2.37 bits per heavy atom. The molecule has 3 atom stereocenters. The molecule has 2 aliphatic heterocycles. The van der Waals surface area contributed by atoms with Crippen LogP contribution in [0.3, 0.4) is 0 Å². The molecule has 2 aromatic rings. The fourth-order valence-electron chi connectivity index (χ4n) is 5.94. The van der Waals surface area contributed by atoms with Gasteiger partial charge >= 0.3 is 0 Å². The van der Waals surface area contributed by atoms with Gasteiger partial charge in [-0.3, -0.25) is 28.9 Å². The third kappa shape index (κ3) is 11.3. The summed E-state index contributed by atoms with van der Waals surface area (Å²) in [5.41, 5.74) is 1.15. The van der Waals surface area contributed by atoms with Gasteiger partial charge in [0.05, 0.1) is 37.8 Å². The van der Waals surface area contributed by atoms with E-state index < -0.39 is 41.8 Å². The molecular formula is C36H50N6O7. The number of likely N-dealkylation sites (N-methyl/N-ethyl adjacent to an activating group) is 2. The van der Waals surface area contributed by atoms with Crippen molar-refractivity contribution >= 4 is 29.5 Å². The van der Waals surface area contributed by atoms with E-state index in [0.29, 0.717) is 39.1 Å². The van der Waals surface area contributed by atoms with Crippen LogP contribution in [0.5, 0.6) is 5.75 Å². The molecule has 13 heteroatoms. The second-order valence-corrected chi connectivity index (χ2v) is 13.1. The van der Waals surface area contributed by atoms with Gasteiger partial charge in [-0.2, -0.15) is 0 Å². The lowest BCUT2D eigenvalue weighted by Crippen LogP contribution is -2.54. The van der Waals surface area contributed by atoms with Gasteiger partial charge in [0.2, 0.25) is 23.6 Å². The number of rotatable bonds is 8. The highest BCUT2D eigenvalue weighted by Crippen LogP contribution is 2.20. The lowest BCUT2D eigenvalue weighted by atomic mass is 10.0. The third-order valence-corrected chi connectivity index (χ3v) is 8.69. The van der Waals surface area contributed by atoms with Gasteiger partial charge in [-0.15, -0.1) is 0 Å². The number of ether oxygens (including phenoxy) is 2. The SMILES string of the molecule is CC(C)C[C@H]1C(=O)N(C)CC(=O)N[C@H](Cc2ccccc2)COc2ccccc2C(=O)N[C@H](C(=O)NCCN2CCOCC2)CC(=O)N1C. The van der Waals surface area contributed by atoms with Crippen LogP contribution in [0.25, 0.3) is 0 Å². The van der Waals surface area contributed by atoms with E-state index in [1.165, 1.54) is 23.9 Å². The molecule has 0 saturated carbocycles. The molecule has 0 bridgehead atoms. The lowest BCUT2D eigenvalue weighted by molar-refractivity contribution is -0.146. The van der Waals surface area contributed by atoms with Crippen molar-refractivity contribution in [3.63, 3.8) is 0 Å². The smallest absolute Gasteiger partial charge is 0.255 e. The summed E-state index contributed by atoms with van der Waals surface area (Å²) >= 11 is 0. The maximum absolute atomic E-state index is 13.8. The van der Waals surface area contributed by atoms with E-state index in [1.807, 2.05) is 44.2 Å². The number of hydrogen-bond acceptors (Lipinski definition) is 8. The van der Waals surface area contributed by atoms with Crippen LogP contribution in [0, 0.1) is 5.92 Å². The number of para-hydroxylation sites is 1. The molecule has 4 rings (SSSR count). The summed E-state index contributed by atoms with van der Waals surface area (Å²) < 4.78 is 11.5. The summed E-state index contributed by atoms with van der Waals surface area (Å²) in [7, 11) is 3.05. The Bertz CT molecular complexity index is 1430. The molecule has 5 amide bonds. The van der Waals surface area contributed by atoms with E-state index in [0.717, 1.165) is 18.7 Å². The standard InChI is InChI=1S/C36H50N6O7/c1-25(2)20-30-36(47)40(3)23-32(43)38-27(21-26-10-6-5-7-11-26)24-49-31-13-9-8-12-28(31)34(45)39-29(22-33(44)41(30)4)35(46)37-14-15-42-16-18-48-19-17-42/h5-13,25,27,29-30H,14-24H2,1-4H3,(H,37,46)(H,38,43)(H,39,45)/t27-,29+,30+/m1/s1. The number of nitrogens with zero attached hydrogens (tertiary/aromatic N) is 3. The molecule has 0 spiro atoms. The fourth-order valence-corrected chi connectivity index (χ4v) is 5.94. The second-order valence-electron chi connectivity index (χ2n) is 13.1. The molecular weight excluding hydrogens is 628 g/mol. The van der Waals surface area contributed by atoms with Gasteiger partial charge in [-0.1, -0.05) is 56.3 Å². The summed E-state index contributed by atoms with van der Waals surface area (Å²) in [5.74, 6) is -2.09. The van der Waals surface area contributed by atoms with Crippen LogP contribution in [0.1, 0.15) is 42.6 Å². The van der Waals surface area contributed by atoms with Crippen LogP contribution < -0.4 is 20.7 Å². The average Bonchev–Trinajstić information content (AvgIpc) is 3.09. The van der Waals surface area contributed by atoms with Crippen LogP contribution in [0.15, 0.2) is 54.6 Å². The first kappa shape index (κ1) is 37.3. The van der Waals surface area contributed by atoms with Crippen molar-refractivity contribution in [1.29, 1.82) is 0 Å². The van der Waals surface area contributed by atoms with E-state index in [9.17, 15) is 24.0 Å². The number of morpholine rings is 1. The minimum absolute atomic E-state index is 0.0330. The highest BCUT2D eigenvalue weighted by Gasteiger charge is 2.34. The number of carbonyl (C=O) groups excluding carboxylic acids is 5. The maximum Gasteiger partial charge on any atom is 0.255 e. The summed E-state index contributed by atoms with van der Waals surface area (Å²) in [6.45, 7) is 7.35. The molecule has 2 aromatic carbocycles. The molecule has 0 radical (unpaired) electrons. The largest absolute Gasteiger partial charge is 0.491 e. The van der Waals surface area contributed by atoms with E-state index in [4.69, 9.17) is 9.47 Å². The quantitative estimate of drug-likeness (QED) is 0.376. The number of benzene rings is 2. The van der Waals surface area contributed by atoms with E-state index in [-0.39, 0.29) is 42.7 Å². The van der Waals surface area contributed by atoms with Crippen LogP contribution in [-0.2, 0) is 30.3 Å². The van der Waals surface area contributed by atoms with Crippen molar-refractivity contribution in [3.8, 4) is 5.75 Å². The molecule has 1 fully saturated rings. The average molecular weight is 679 g/mol. The van der Waals surface area contributed by atoms with Crippen molar-refractivity contribution in [2.24, 2.45) is 5.92 Å². The second kappa shape index (κ2) is 18.3. The van der Waals surface area contributed by atoms with E-state index in [1.54, 1.807) is 24.3 Å². The fraction of sp³-hybridized carbons (Fsp3) is 0.528. The number of hydrogen-bond donors (Lipinski definition) is 3. The zero-order valence-corrected chi connectivity index (χ0v) is 29.0. The highest BCUT2D eigenvalue weighted by atomic mass is 16.5. The van der Waals surface area contributed by atoms with Crippen LogP contribution in [0.2, 0.25) is 0 Å². The van der Waals surface area contributed by atoms with Gasteiger partial charge in [-0.25, -0.2) is 0 Å². The number of nitrogens with one attached hydrogen (secondary N) is 3. The van der Waals surface area contributed by atoms with E-state index in [2.05, 4.69) is 20.9 Å². The predicted molar refractivity (Wildman–Crippen MR) is 184 cm³/mol. The predicted octanol–water partition coefficient (Wildman–Crippen LogP) is 1.07. The monoisotopic (exact) mass is 678 g/mol. The minimum Gasteiger partial charge on any atom is -0.491 e. The van der Waals surface area contributed by atoms with Crippen LogP contribution >= 0.6 is 0 Å². The molecule has 0 aliphatic carbocycles. The Morgan fingerprint density at radius 1 is 0.959 bits per heavy atom. The molecule has 3 N–H and O–H groups in total. The molecule has 1 saturated heterocycles. The highest BCUT2D eigenvalue weighted by molar-refractivity contribution is 6.01. The van der Waals surface area contributed by atoms with Gasteiger partial charge in [0.25, 0.3) is 5.91 Å². The van der Waals surface area contributed by atoms with Gasteiger partial charge < -0.3 is 35.2 Å². The van der Waals surface area contributed by atoms with Crippen molar-refractivity contribution in [1.82, 2.24) is 30.7 Å². The normalized spacial score (nSPS) is 22.1. The molecule has 266 valence electrons. The zero-order valence-electron chi connectivity index (χ0n) is 29.0. The number of carbonyl (C=O) groups is 5. The maximum atomic E-state index is 13.8. The molecule has 13 nitrogen and oxygen atoms in total. The molecule has 0 unspecified atom stereocenters. The lowest BCUT2D eigenvalue weighted by Gasteiger charge is -2.33. The third-order valence-electron chi connectivity index (χ3n) is 8.69. The zero-order chi connectivity index (χ0) is 35.3. The topological polar surface area (TPSA) is 150 Å². The summed E-state index contributed by atoms with van der Waals surface area (Å²) in [5, 5.41) is 8.63. The van der Waals surface area contributed by atoms with Crippen molar-refractivity contribution in [2.75, 3.05) is 66.6 Å². The first-order chi connectivity index (χ1) is 23.5. The van der Waals surface area contributed by atoms with Gasteiger partial charge in [0.1, 0.15) is 24.4 Å². The molecule has 2 heterocycles. The number of fused-ring (bicyclic) bond motifs is 1. The van der Waals surface area contributed by atoms with Crippen molar-refractivity contribution in [3.05, 3.63) is 65.7 Å². The van der Waals surface area contributed by atoms with E-state index >= 15 is 0 Å². The van der Waals surface area contributed by atoms with Gasteiger partial charge in [0.15, 0.2) is 0 Å². The van der Waals surface area contributed by atoms with Gasteiger partial charge in [-0.05, 0) is 36.5 Å².